The molecule has 2 heterocycles. The van der Waals surface area contributed by atoms with Gasteiger partial charge in [0.15, 0.2) is 4.60 Å². The molecule has 0 fully saturated rings. The Kier molecular flexibility index (Phi) is 9.71. The van der Waals surface area contributed by atoms with Crippen LogP contribution in [-0.2, 0) is 25.8 Å². The number of aryl methyl sites for hydroxylation is 1. The summed E-state index contributed by atoms with van der Waals surface area (Å²) in [6.07, 6.45) is 2.26. The van der Waals surface area contributed by atoms with Crippen LogP contribution < -0.4 is 14.1 Å². The summed E-state index contributed by atoms with van der Waals surface area (Å²) in [7, 11) is -0.865. The number of hydrogen-bond acceptors (Lipinski definition) is 10. The Hall–Kier alpha value is -4.85. The molecule has 0 radical (unpaired) electrons. The first kappa shape index (κ1) is 33.1. The van der Waals surface area contributed by atoms with Crippen LogP contribution in [0.1, 0.15) is 42.5 Å². The zero-order valence-electron chi connectivity index (χ0n) is 25.6. The number of H-pyrrole nitrogens is 1. The zero-order chi connectivity index (χ0) is 33.8. The van der Waals surface area contributed by atoms with Crippen LogP contribution >= 0.6 is 21.6 Å². The first-order chi connectivity index (χ1) is 23.1. The third-order valence-electron chi connectivity index (χ3n) is 7.60. The molecule has 4 aromatic carbocycles. The highest BCUT2D eigenvalue weighted by Gasteiger charge is 2.35. The van der Waals surface area contributed by atoms with E-state index in [0.717, 1.165) is 31.7 Å². The van der Waals surface area contributed by atoms with Gasteiger partial charge in [-0.05, 0) is 82.6 Å². The number of allylic oxidation sites excluding steroid dienone is 1. The van der Waals surface area contributed by atoms with E-state index in [9.17, 15) is 22.9 Å². The molecular weight excluding hydrogens is 673 g/mol. The number of carbonyl (C=O) groups is 2. The molecule has 1 aliphatic rings. The highest BCUT2D eigenvalue weighted by Crippen LogP contribution is 2.48. The van der Waals surface area contributed by atoms with E-state index >= 15 is 0 Å². The van der Waals surface area contributed by atoms with Crippen molar-refractivity contribution in [2.75, 3.05) is 0 Å². The van der Waals surface area contributed by atoms with Gasteiger partial charge in [-0.1, -0.05) is 92.5 Å². The van der Waals surface area contributed by atoms with Gasteiger partial charge in [0, 0.05) is 22.7 Å². The van der Waals surface area contributed by atoms with E-state index in [-0.39, 0.29) is 40.4 Å². The molecule has 1 N–H and O–H groups in total. The Morgan fingerprint density at radius 2 is 1.62 bits per heavy atom. The van der Waals surface area contributed by atoms with Gasteiger partial charge in [-0.15, -0.1) is 0 Å². The number of sulfone groups is 1. The molecule has 0 saturated carbocycles. The van der Waals surface area contributed by atoms with Crippen molar-refractivity contribution >= 4 is 59.0 Å². The largest absolute Gasteiger partial charge is 0.427 e. The van der Waals surface area contributed by atoms with E-state index in [2.05, 4.69) is 11.7 Å². The summed E-state index contributed by atoms with van der Waals surface area (Å²) in [6.45, 7) is 5.74. The Balaban J connectivity index is 1.04. The number of ether oxygens (including phenoxy) is 2. The van der Waals surface area contributed by atoms with Gasteiger partial charge in [-0.25, -0.2) is 8.42 Å². The Morgan fingerprint density at radius 1 is 0.917 bits per heavy atom. The number of nitrogens with one attached hydrogen (secondary N) is 1. The van der Waals surface area contributed by atoms with Crippen LogP contribution in [-0.4, -0.2) is 25.5 Å². The number of aromatic nitrogens is 2. The maximum atomic E-state index is 13.0. The zero-order valence-corrected chi connectivity index (χ0v) is 28.0. The van der Waals surface area contributed by atoms with Crippen LogP contribution in [0.3, 0.4) is 0 Å². The summed E-state index contributed by atoms with van der Waals surface area (Å²) in [4.78, 5) is 39.8. The first-order valence-electron chi connectivity index (χ1n) is 14.8. The quantitative estimate of drug-likeness (QED) is 0.0842. The fraction of sp³-hybridized carbons (Fsp3) is 0.143. The fourth-order valence-corrected chi connectivity index (χ4v) is 8.51. The highest BCUT2D eigenvalue weighted by atomic mass is 33.1. The predicted octanol–water partition coefficient (Wildman–Crippen LogP) is 7.40. The predicted molar refractivity (Wildman–Crippen MR) is 184 cm³/mol. The van der Waals surface area contributed by atoms with Crippen LogP contribution in [0.2, 0.25) is 0 Å². The normalized spacial score (nSPS) is 13.7. The minimum atomic E-state index is -4.13. The van der Waals surface area contributed by atoms with Gasteiger partial charge in [0.25, 0.3) is 9.84 Å². The number of hydrogen-bond donors (Lipinski definition) is 1. The number of rotatable bonds is 11. The number of aromatic amines is 1. The van der Waals surface area contributed by atoms with Crippen LogP contribution in [0.5, 0.6) is 11.5 Å². The van der Waals surface area contributed by atoms with Gasteiger partial charge in [-0.3, -0.25) is 9.59 Å². The second kappa shape index (κ2) is 14.1. The van der Waals surface area contributed by atoms with E-state index in [1.165, 1.54) is 12.1 Å². The van der Waals surface area contributed by atoms with Crippen molar-refractivity contribution in [3.05, 3.63) is 130 Å². The van der Waals surface area contributed by atoms with E-state index in [4.69, 9.17) is 14.1 Å². The van der Waals surface area contributed by atoms with Gasteiger partial charge in [0.1, 0.15) is 11.5 Å². The number of nitrogens with zero attached hydrogens (tertiary/aromatic N) is 1. The summed E-state index contributed by atoms with van der Waals surface area (Å²) >= 11 is 0. The molecular formula is C35H29N2O8S3+. The molecule has 1 aromatic heterocycles. The lowest BCUT2D eigenvalue weighted by atomic mass is 9.98. The molecule has 0 saturated heterocycles. The molecule has 5 aromatic rings. The van der Waals surface area contributed by atoms with Crippen LogP contribution in [0.4, 0.5) is 0 Å². The van der Waals surface area contributed by atoms with Crippen molar-refractivity contribution in [1.82, 2.24) is 5.16 Å². The minimum Gasteiger partial charge on any atom is -0.427 e. The molecule has 0 spiro atoms. The van der Waals surface area contributed by atoms with Crippen molar-refractivity contribution in [1.29, 1.82) is 0 Å². The van der Waals surface area contributed by atoms with E-state index in [0.29, 0.717) is 11.5 Å². The highest BCUT2D eigenvalue weighted by molar-refractivity contribution is 8.82. The van der Waals surface area contributed by atoms with Crippen LogP contribution in [0.15, 0.2) is 123 Å². The average Bonchev–Trinajstić information content (AvgIpc) is 3.70. The second-order valence-electron chi connectivity index (χ2n) is 11.0. The molecule has 1 atom stereocenters. The summed E-state index contributed by atoms with van der Waals surface area (Å²) in [6, 6.07) is 25.7. The van der Waals surface area contributed by atoms with Gasteiger partial charge in [-0.2, -0.15) is 0 Å². The van der Waals surface area contributed by atoms with Crippen molar-refractivity contribution in [2.45, 2.75) is 42.0 Å². The van der Waals surface area contributed by atoms with E-state index in [1.807, 2.05) is 36.4 Å². The molecule has 6 rings (SSSR count). The number of fused-ring (bicyclic) bond motifs is 1. The monoisotopic (exact) mass is 701 g/mol. The van der Waals surface area contributed by atoms with Gasteiger partial charge in [0.2, 0.25) is 5.69 Å². The van der Waals surface area contributed by atoms with Crippen molar-refractivity contribution < 1.29 is 36.7 Å². The summed E-state index contributed by atoms with van der Waals surface area (Å²) in [5.41, 5.74) is 1.87. The maximum absolute atomic E-state index is 13.0. The smallest absolute Gasteiger partial charge is 0.362 e. The average molecular weight is 702 g/mol. The molecule has 10 nitrogen and oxygen atoms in total. The number of carbonyl (C=O) groups excluding carboxylic acids is 2. The molecule has 48 heavy (non-hydrogen) atoms. The molecule has 13 heteroatoms. The van der Waals surface area contributed by atoms with E-state index < -0.39 is 26.8 Å². The summed E-state index contributed by atoms with van der Waals surface area (Å²) < 4.78 is 41.7. The first-order valence-corrected chi connectivity index (χ1v) is 18.5. The molecule has 244 valence electrons. The van der Waals surface area contributed by atoms with Gasteiger partial charge in [0.05, 0.1) is 10.8 Å². The third-order valence-corrected chi connectivity index (χ3v) is 11.8. The summed E-state index contributed by atoms with van der Waals surface area (Å²) in [5.74, 6) is -0.623. The summed E-state index contributed by atoms with van der Waals surface area (Å²) in [5, 5.41) is 3.46. The van der Waals surface area contributed by atoms with Crippen molar-refractivity contribution in [3.63, 3.8) is 0 Å². The minimum absolute atomic E-state index is 0.0340. The fourth-order valence-electron chi connectivity index (χ4n) is 5.04. The molecule has 0 aliphatic carbocycles. The van der Waals surface area contributed by atoms with Gasteiger partial charge < -0.3 is 9.47 Å². The molecule has 0 unspecified atom stereocenters. The van der Waals surface area contributed by atoms with Crippen molar-refractivity contribution in [2.24, 2.45) is 0 Å². The second-order valence-corrected chi connectivity index (χ2v) is 15.1. The Bertz CT molecular complexity index is 2220. The standard InChI is InChI=1S/C35H29N2O8S3/c1-22-19-32(47-46-22)24-13-16-28(17-14-24)44-35(39)23(2)25-11-12-27-21-29(18-15-26(27)20-25)43-33(38)10-6-9-31-34(37(40)45-36-31)48(41,42)30-7-4-3-5-8-30/h3-5,7-8,11-21,23,36H,1,6,9-10H2,2H3/q+1/t23-/m0/s1. The van der Waals surface area contributed by atoms with Crippen molar-refractivity contribution in [3.8, 4) is 11.5 Å². The lowest BCUT2D eigenvalue weighted by molar-refractivity contribution is -0.744. The molecule has 1 aliphatic heterocycles. The number of esters is 2. The van der Waals surface area contributed by atoms with E-state index in [1.54, 1.807) is 77.0 Å². The number of benzene rings is 4. The maximum Gasteiger partial charge on any atom is 0.362 e. The SMILES string of the molecule is C=C1C=C(c2ccc(OC(=O)[C@@H](C)c3ccc4cc(OC(=O)CCCc5[nH]o[n+](=O)c5S(=O)(=O)c5ccccc5)ccc4c3)cc2)SS1. The molecule has 0 amide bonds. The topological polar surface area (TPSA) is 139 Å². The Morgan fingerprint density at radius 3 is 2.35 bits per heavy atom. The van der Waals surface area contributed by atoms with Crippen LogP contribution in [0, 0.1) is 4.91 Å². The molecule has 0 bridgehead atoms. The third kappa shape index (κ3) is 7.33. The van der Waals surface area contributed by atoms with Gasteiger partial charge >= 0.3 is 17.0 Å². The lowest BCUT2D eigenvalue weighted by Crippen LogP contribution is -2.22. The van der Waals surface area contributed by atoms with Crippen LogP contribution in [0.25, 0.3) is 15.7 Å². The lowest BCUT2D eigenvalue weighted by Gasteiger charge is -2.13. The Labute approximate surface area is 283 Å².